The summed E-state index contributed by atoms with van der Waals surface area (Å²) in [4.78, 5) is 12.1. The highest BCUT2D eigenvalue weighted by molar-refractivity contribution is 6.99. The van der Waals surface area contributed by atoms with Gasteiger partial charge < -0.3 is 9.53 Å². The first kappa shape index (κ1) is 24.5. The Kier molecular flexibility index (Phi) is 9.47. The van der Waals surface area contributed by atoms with Gasteiger partial charge in [-0.05, 0) is 34.7 Å². The topological polar surface area (TPSA) is 46.5 Å². The summed E-state index contributed by atoms with van der Waals surface area (Å²) in [6, 6.07) is 21.1. The van der Waals surface area contributed by atoms with Crippen molar-refractivity contribution in [2.45, 2.75) is 77.4 Å². The predicted molar refractivity (Wildman–Crippen MR) is 128 cm³/mol. The van der Waals surface area contributed by atoms with Crippen LogP contribution < -0.4 is 10.4 Å². The van der Waals surface area contributed by atoms with E-state index in [0.717, 1.165) is 19.3 Å². The Bertz CT molecular complexity index is 713. The summed E-state index contributed by atoms with van der Waals surface area (Å²) in [7, 11) is -2.54. The van der Waals surface area contributed by atoms with Crippen LogP contribution in [0.5, 0.6) is 0 Å². The number of aliphatic hydroxyl groups is 1. The van der Waals surface area contributed by atoms with Gasteiger partial charge in [-0.15, -0.1) is 0 Å². The summed E-state index contributed by atoms with van der Waals surface area (Å²) in [5.74, 6) is -0.0334. The number of hydrogen-bond donors (Lipinski definition) is 1. The van der Waals surface area contributed by atoms with E-state index in [1.807, 2.05) is 12.1 Å². The van der Waals surface area contributed by atoms with Gasteiger partial charge in [-0.3, -0.25) is 4.79 Å². The highest BCUT2D eigenvalue weighted by Gasteiger charge is 2.49. The van der Waals surface area contributed by atoms with Crippen LogP contribution in [0.1, 0.15) is 66.2 Å². The van der Waals surface area contributed by atoms with E-state index in [-0.39, 0.29) is 10.8 Å². The minimum absolute atomic E-state index is 0.0334. The zero-order valence-electron chi connectivity index (χ0n) is 19.1. The number of aliphatic hydroxyl groups excluding tert-OH is 1. The summed E-state index contributed by atoms with van der Waals surface area (Å²) in [5, 5.41) is 12.7. The maximum absolute atomic E-state index is 12.1. The average molecular weight is 427 g/mol. The van der Waals surface area contributed by atoms with Gasteiger partial charge in [0.25, 0.3) is 8.32 Å². The first-order chi connectivity index (χ1) is 14.3. The molecule has 0 saturated heterocycles. The summed E-state index contributed by atoms with van der Waals surface area (Å²) < 4.78 is 6.81. The molecule has 0 aromatic heterocycles. The van der Waals surface area contributed by atoms with Crippen LogP contribution >= 0.6 is 0 Å². The molecule has 2 aromatic rings. The number of carbonyl (C=O) groups excluding carboxylic acids is 1. The van der Waals surface area contributed by atoms with Crippen LogP contribution in [-0.4, -0.2) is 31.9 Å². The van der Waals surface area contributed by atoms with Gasteiger partial charge >= 0.3 is 0 Å². The summed E-state index contributed by atoms with van der Waals surface area (Å²) in [6.45, 7) is 9.41. The summed E-state index contributed by atoms with van der Waals surface area (Å²) >= 11 is 0. The molecule has 0 radical (unpaired) electrons. The largest absolute Gasteiger partial charge is 0.407 e. The Morgan fingerprint density at radius 3 is 1.93 bits per heavy atom. The average Bonchev–Trinajstić information content (AvgIpc) is 2.74. The van der Waals surface area contributed by atoms with Gasteiger partial charge in [0, 0.05) is 13.0 Å². The van der Waals surface area contributed by atoms with E-state index < -0.39 is 14.4 Å². The number of hydrogen-bond acceptors (Lipinski definition) is 3. The Hall–Kier alpha value is -1.75. The first-order valence-corrected chi connectivity index (χ1v) is 13.2. The van der Waals surface area contributed by atoms with E-state index in [9.17, 15) is 9.90 Å². The van der Waals surface area contributed by atoms with Crippen LogP contribution in [0.2, 0.25) is 5.04 Å². The van der Waals surface area contributed by atoms with Gasteiger partial charge in [-0.2, -0.15) is 0 Å². The van der Waals surface area contributed by atoms with E-state index in [1.165, 1.54) is 10.4 Å². The number of benzene rings is 2. The third-order valence-corrected chi connectivity index (χ3v) is 10.8. The molecule has 164 valence electrons. The molecule has 0 aliphatic carbocycles. The van der Waals surface area contributed by atoms with Crippen LogP contribution in [0.15, 0.2) is 60.7 Å². The number of ketones is 1. The molecule has 1 N–H and O–H groups in total. The van der Waals surface area contributed by atoms with Crippen molar-refractivity contribution in [1.82, 2.24) is 0 Å². The lowest BCUT2D eigenvalue weighted by Gasteiger charge is -2.43. The maximum Gasteiger partial charge on any atom is 0.261 e. The van der Waals surface area contributed by atoms with Gasteiger partial charge in [-0.1, -0.05) is 101 Å². The molecule has 1 atom stereocenters. The Balaban J connectivity index is 2.14. The van der Waals surface area contributed by atoms with E-state index in [4.69, 9.17) is 4.43 Å². The zero-order chi connectivity index (χ0) is 22.0. The summed E-state index contributed by atoms with van der Waals surface area (Å²) in [6.07, 6.45) is 3.72. The number of carbonyl (C=O) groups is 1. The number of rotatable bonds is 12. The van der Waals surface area contributed by atoms with Crippen molar-refractivity contribution in [3.63, 3.8) is 0 Å². The van der Waals surface area contributed by atoms with Crippen molar-refractivity contribution >= 4 is 24.5 Å². The molecule has 0 fully saturated rings. The molecule has 3 nitrogen and oxygen atoms in total. The highest BCUT2D eigenvalue weighted by atomic mass is 28.4. The molecule has 2 rings (SSSR count). The second kappa shape index (κ2) is 11.6. The van der Waals surface area contributed by atoms with E-state index in [1.54, 1.807) is 0 Å². The number of Topliss-reactive ketones (excluding diaryl/α,β-unsaturated/α-hetero) is 1. The monoisotopic (exact) mass is 426 g/mol. The molecule has 2 aromatic carbocycles. The smallest absolute Gasteiger partial charge is 0.261 e. The third kappa shape index (κ3) is 6.13. The van der Waals surface area contributed by atoms with E-state index in [0.29, 0.717) is 25.9 Å². The quantitative estimate of drug-likeness (QED) is 0.390. The van der Waals surface area contributed by atoms with Crippen molar-refractivity contribution in [3.05, 3.63) is 60.7 Å². The van der Waals surface area contributed by atoms with E-state index >= 15 is 0 Å². The van der Waals surface area contributed by atoms with Gasteiger partial charge in [0.15, 0.2) is 5.78 Å². The molecule has 0 bridgehead atoms. The number of unbranched alkanes of at least 4 members (excludes halogenated alkanes) is 2. The van der Waals surface area contributed by atoms with Crippen LogP contribution in [-0.2, 0) is 9.22 Å². The fourth-order valence-corrected chi connectivity index (χ4v) is 8.75. The SMILES string of the molecule is CCCCCC(=O)C(O)CCCO[Si](c1ccccc1)(c1ccccc1)C(C)(C)C. The molecular weight excluding hydrogens is 388 g/mol. The molecule has 4 heteroatoms. The van der Waals surface area contributed by atoms with Crippen molar-refractivity contribution in [2.24, 2.45) is 0 Å². The molecule has 0 spiro atoms. The second-order valence-corrected chi connectivity index (χ2v) is 13.4. The first-order valence-electron chi connectivity index (χ1n) is 11.3. The van der Waals surface area contributed by atoms with E-state index in [2.05, 4.69) is 76.2 Å². The van der Waals surface area contributed by atoms with Crippen LogP contribution in [0, 0.1) is 0 Å². The molecule has 0 saturated carbocycles. The van der Waals surface area contributed by atoms with Crippen LogP contribution in [0.3, 0.4) is 0 Å². The highest BCUT2D eigenvalue weighted by Crippen LogP contribution is 2.36. The zero-order valence-corrected chi connectivity index (χ0v) is 20.1. The molecule has 0 aliphatic rings. The predicted octanol–water partition coefficient (Wildman–Crippen LogP) is 4.85. The fraction of sp³-hybridized carbons (Fsp3) is 0.500. The summed E-state index contributed by atoms with van der Waals surface area (Å²) in [5.41, 5.74) is 0. The second-order valence-electron chi connectivity index (χ2n) is 9.09. The van der Waals surface area contributed by atoms with Crippen molar-refractivity contribution < 1.29 is 14.3 Å². The maximum atomic E-state index is 12.1. The van der Waals surface area contributed by atoms with Crippen LogP contribution in [0.25, 0.3) is 0 Å². The Morgan fingerprint density at radius 2 is 1.47 bits per heavy atom. The van der Waals surface area contributed by atoms with Gasteiger partial charge in [-0.25, -0.2) is 0 Å². The molecule has 0 heterocycles. The lowest BCUT2D eigenvalue weighted by molar-refractivity contribution is -0.127. The Morgan fingerprint density at radius 1 is 0.933 bits per heavy atom. The van der Waals surface area contributed by atoms with Gasteiger partial charge in [0.1, 0.15) is 6.10 Å². The lowest BCUT2D eigenvalue weighted by Crippen LogP contribution is -2.66. The van der Waals surface area contributed by atoms with Crippen molar-refractivity contribution in [1.29, 1.82) is 0 Å². The molecule has 1 unspecified atom stereocenters. The van der Waals surface area contributed by atoms with Crippen molar-refractivity contribution in [2.75, 3.05) is 6.61 Å². The molecule has 30 heavy (non-hydrogen) atoms. The lowest BCUT2D eigenvalue weighted by atomic mass is 10.0. The molecular formula is C26H38O3Si. The van der Waals surface area contributed by atoms with Crippen molar-refractivity contribution in [3.8, 4) is 0 Å². The van der Waals surface area contributed by atoms with Gasteiger partial charge in [0.05, 0.1) is 0 Å². The fourth-order valence-electron chi connectivity index (χ4n) is 4.14. The minimum atomic E-state index is -2.54. The minimum Gasteiger partial charge on any atom is -0.407 e. The molecule has 0 amide bonds. The standard InChI is InChI=1S/C26H38O3Si/c1-5-6-9-19-24(27)25(28)20-14-21-29-30(26(2,3)4,22-15-10-7-11-16-22)23-17-12-8-13-18-23/h7-8,10-13,15-18,25,28H,5-6,9,14,19-21H2,1-4H3. The molecule has 0 aliphatic heterocycles. The third-order valence-electron chi connectivity index (χ3n) is 5.76. The van der Waals surface area contributed by atoms with Crippen LogP contribution in [0.4, 0.5) is 0 Å². The normalized spacial score (nSPS) is 13.2. The Labute approximate surface area is 183 Å². The van der Waals surface area contributed by atoms with Gasteiger partial charge in [0.2, 0.25) is 0 Å².